The first-order valence-electron chi connectivity index (χ1n) is 15.0. The van der Waals surface area contributed by atoms with Gasteiger partial charge in [0.15, 0.2) is 7.14 Å². The van der Waals surface area contributed by atoms with Crippen LogP contribution in [0.1, 0.15) is 105 Å². The molecule has 1 heteroatoms. The van der Waals surface area contributed by atoms with E-state index in [1.807, 2.05) is 0 Å². The average molecular weight is 658 g/mol. The van der Waals surface area contributed by atoms with Gasteiger partial charge >= 0.3 is 21.2 Å². The maximum atomic E-state index is 2.58. The minimum absolute atomic E-state index is 0.0000514. The van der Waals surface area contributed by atoms with Crippen LogP contribution in [-0.2, 0) is 21.7 Å². The minimum atomic E-state index is -0.468. The molecule has 0 aliphatic carbocycles. The van der Waals surface area contributed by atoms with Gasteiger partial charge in [-0.15, -0.1) is 0 Å². The van der Waals surface area contributed by atoms with E-state index in [1.165, 1.54) is 38.9 Å². The molecule has 0 spiro atoms. The monoisotopic (exact) mass is 657 g/mol. The number of halogens is 1. The zero-order chi connectivity index (χ0) is 30.4. The molecule has 4 aromatic carbocycles. The molecule has 0 unspecified atom stereocenters. The van der Waals surface area contributed by atoms with Crippen LogP contribution in [-0.4, -0.2) is 0 Å². The van der Waals surface area contributed by atoms with Crippen molar-refractivity contribution in [2.45, 2.75) is 105 Å². The van der Waals surface area contributed by atoms with Crippen LogP contribution in [0.2, 0.25) is 0 Å². The lowest BCUT2D eigenvalue weighted by Crippen LogP contribution is -3.62. The summed E-state index contributed by atoms with van der Waals surface area (Å²) in [7, 11) is 0. The largest absolute Gasteiger partial charge is 0.358 e. The predicted molar refractivity (Wildman–Crippen MR) is 176 cm³/mol. The van der Waals surface area contributed by atoms with Crippen LogP contribution in [0.25, 0.3) is 22.3 Å². The molecule has 0 nitrogen and oxygen atoms in total. The van der Waals surface area contributed by atoms with Crippen molar-refractivity contribution in [1.29, 1.82) is 0 Å². The molecule has 0 aliphatic heterocycles. The van der Waals surface area contributed by atoms with Gasteiger partial charge in [0, 0.05) is 17.2 Å². The van der Waals surface area contributed by atoms with Crippen molar-refractivity contribution in [3.63, 3.8) is 0 Å². The molecule has 0 amide bonds. The predicted octanol–water partition coefficient (Wildman–Crippen LogP) is 8.34. The summed E-state index contributed by atoms with van der Waals surface area (Å²) >= 11 is -0.468. The van der Waals surface area contributed by atoms with E-state index < -0.39 is 21.2 Å². The van der Waals surface area contributed by atoms with Crippen molar-refractivity contribution in [3.05, 3.63) is 114 Å². The fraction of sp³-hybridized carbons (Fsp3) is 0.400. The van der Waals surface area contributed by atoms with Crippen molar-refractivity contribution in [2.24, 2.45) is 0 Å². The summed E-state index contributed by atoms with van der Waals surface area (Å²) in [6, 6.07) is 31.8. The Morgan fingerprint density at radius 3 is 1.37 bits per heavy atom. The van der Waals surface area contributed by atoms with Crippen LogP contribution in [0.3, 0.4) is 0 Å². The zero-order valence-corrected chi connectivity index (χ0v) is 29.6. The van der Waals surface area contributed by atoms with E-state index in [9.17, 15) is 0 Å². The minimum Gasteiger partial charge on any atom is -0.0622 e. The van der Waals surface area contributed by atoms with E-state index in [1.54, 1.807) is 12.7 Å². The van der Waals surface area contributed by atoms with Crippen molar-refractivity contribution in [2.75, 3.05) is 0 Å². The standard InChI is InChI=1S/C40H50I/c1-37(2,3)30-24-19-25-31(34(30)38(4,5)6)41-32-26-29(27-20-15-13-16-21-27)33(28-22-17-14-18-23-28)36(40(10,11)12)35(32)39(7,8)9/h13-26H,1-12H3/q+1. The normalized spacial score (nSPS) is 13.0. The molecule has 0 fully saturated rings. The first kappa shape index (κ1) is 31.5. The van der Waals surface area contributed by atoms with Crippen LogP contribution in [0.4, 0.5) is 0 Å². The highest BCUT2D eigenvalue weighted by Gasteiger charge is 2.40. The molecule has 216 valence electrons. The lowest BCUT2D eigenvalue weighted by molar-refractivity contribution is -0.599. The van der Waals surface area contributed by atoms with Gasteiger partial charge in [-0.25, -0.2) is 0 Å². The second-order valence-electron chi connectivity index (χ2n) is 15.5. The quantitative estimate of drug-likeness (QED) is 0.194. The fourth-order valence-electron chi connectivity index (χ4n) is 6.06. The summed E-state index contributed by atoms with van der Waals surface area (Å²) in [4.78, 5) is 0. The fourth-order valence-corrected chi connectivity index (χ4v) is 10.3. The van der Waals surface area contributed by atoms with Gasteiger partial charge in [0.05, 0.1) is 0 Å². The van der Waals surface area contributed by atoms with Crippen molar-refractivity contribution in [1.82, 2.24) is 0 Å². The van der Waals surface area contributed by atoms with Crippen LogP contribution in [0.15, 0.2) is 84.9 Å². The highest BCUT2D eigenvalue weighted by Crippen LogP contribution is 2.45. The number of rotatable bonds is 4. The number of benzene rings is 4. The Morgan fingerprint density at radius 2 is 0.902 bits per heavy atom. The van der Waals surface area contributed by atoms with Gasteiger partial charge in [-0.3, -0.25) is 0 Å². The third kappa shape index (κ3) is 6.82. The molecule has 0 bridgehead atoms. The maximum Gasteiger partial charge on any atom is 0.358 e. The van der Waals surface area contributed by atoms with E-state index in [2.05, 4.69) is 168 Å². The lowest BCUT2D eigenvalue weighted by atomic mass is 9.70. The Balaban J connectivity index is 2.17. The molecule has 0 heterocycles. The van der Waals surface area contributed by atoms with E-state index >= 15 is 0 Å². The summed E-state index contributed by atoms with van der Waals surface area (Å²) in [6.45, 7) is 28.7. The third-order valence-corrected chi connectivity index (χ3v) is 10.6. The van der Waals surface area contributed by atoms with Gasteiger partial charge in [-0.05, 0) is 61.1 Å². The van der Waals surface area contributed by atoms with Crippen LogP contribution < -0.4 is 21.2 Å². The summed E-state index contributed by atoms with van der Waals surface area (Å²) < 4.78 is 3.11. The molecule has 4 rings (SSSR count). The highest BCUT2D eigenvalue weighted by atomic mass is 127. The molecule has 0 saturated heterocycles. The first-order valence-corrected chi connectivity index (χ1v) is 17.2. The van der Waals surface area contributed by atoms with Crippen molar-refractivity contribution >= 4 is 0 Å². The molecule has 0 aliphatic rings. The van der Waals surface area contributed by atoms with Gasteiger partial charge in [0.25, 0.3) is 0 Å². The van der Waals surface area contributed by atoms with E-state index in [0.29, 0.717) is 0 Å². The maximum absolute atomic E-state index is 2.58. The molecule has 0 N–H and O–H groups in total. The van der Waals surface area contributed by atoms with E-state index in [0.717, 1.165) is 0 Å². The zero-order valence-electron chi connectivity index (χ0n) is 27.5. The number of hydrogen-bond acceptors (Lipinski definition) is 0. The molecule has 0 aromatic heterocycles. The van der Waals surface area contributed by atoms with E-state index in [-0.39, 0.29) is 21.7 Å². The molecule has 41 heavy (non-hydrogen) atoms. The summed E-state index contributed by atoms with van der Waals surface area (Å²) in [6.07, 6.45) is 0. The Hall–Kier alpha value is -2.39. The Labute approximate surface area is 261 Å². The third-order valence-electron chi connectivity index (χ3n) is 7.70. The Morgan fingerprint density at radius 1 is 0.415 bits per heavy atom. The topological polar surface area (TPSA) is 0 Å². The van der Waals surface area contributed by atoms with Crippen LogP contribution in [0.5, 0.6) is 0 Å². The smallest absolute Gasteiger partial charge is 0.0622 e. The van der Waals surface area contributed by atoms with Crippen LogP contribution >= 0.6 is 0 Å². The highest BCUT2D eigenvalue weighted by molar-refractivity contribution is 5.87. The average Bonchev–Trinajstić information content (AvgIpc) is 2.86. The molecule has 4 aromatic rings. The molecular formula is C40H50I+. The SMILES string of the molecule is CC(C)(C)c1cccc([I+]c2cc(-c3ccccc3)c(-c3ccccc3)c(C(C)(C)C)c2C(C)(C)C)c1C(C)(C)C. The van der Waals surface area contributed by atoms with Crippen molar-refractivity contribution in [3.8, 4) is 22.3 Å². The summed E-state index contributed by atoms with van der Waals surface area (Å²) in [5.41, 5.74) is 11.5. The van der Waals surface area contributed by atoms with Gasteiger partial charge in [-0.1, -0.05) is 156 Å². The second kappa shape index (κ2) is 11.4. The molecule has 0 radical (unpaired) electrons. The summed E-state index contributed by atoms with van der Waals surface area (Å²) in [5.74, 6) is 0. The van der Waals surface area contributed by atoms with Gasteiger partial charge in [-0.2, -0.15) is 0 Å². The first-order chi connectivity index (χ1) is 18.9. The van der Waals surface area contributed by atoms with Gasteiger partial charge < -0.3 is 0 Å². The summed E-state index contributed by atoms with van der Waals surface area (Å²) in [5, 5.41) is 0. The van der Waals surface area contributed by atoms with Crippen molar-refractivity contribution < 1.29 is 21.2 Å². The van der Waals surface area contributed by atoms with Gasteiger partial charge in [0.2, 0.25) is 0 Å². The van der Waals surface area contributed by atoms with Gasteiger partial charge in [0.1, 0.15) is 0 Å². The molecule has 0 saturated carbocycles. The van der Waals surface area contributed by atoms with E-state index in [4.69, 9.17) is 0 Å². The number of hydrogen-bond donors (Lipinski definition) is 0. The van der Waals surface area contributed by atoms with Crippen LogP contribution in [0, 0.1) is 7.14 Å². The lowest BCUT2D eigenvalue weighted by Gasteiger charge is -2.34. The Kier molecular flexibility index (Phi) is 8.74. The molecule has 0 atom stereocenters. The molecular weight excluding hydrogens is 607 g/mol. The Bertz CT molecular complexity index is 1500. The second-order valence-corrected chi connectivity index (χ2v) is 18.4.